The van der Waals surface area contributed by atoms with Crippen LogP contribution in [0.3, 0.4) is 0 Å². The summed E-state index contributed by atoms with van der Waals surface area (Å²) in [5.74, 6) is 1.31. The molecule has 4 heteroatoms. The molecule has 0 saturated carbocycles. The van der Waals surface area contributed by atoms with E-state index in [0.29, 0.717) is 17.3 Å². The number of rotatable bonds is 5. The van der Waals surface area contributed by atoms with Crippen molar-refractivity contribution in [3.05, 3.63) is 24.0 Å². The summed E-state index contributed by atoms with van der Waals surface area (Å²) in [7, 11) is 0. The topological polar surface area (TPSA) is 38.0 Å². The van der Waals surface area contributed by atoms with Gasteiger partial charge in [0.15, 0.2) is 0 Å². The molecule has 0 radical (unpaired) electrons. The Labute approximate surface area is 94.4 Å². The van der Waals surface area contributed by atoms with E-state index in [-0.39, 0.29) is 5.82 Å². The van der Waals surface area contributed by atoms with Crippen LogP contribution in [0.4, 0.5) is 15.8 Å². The minimum atomic E-state index is -0.286. The summed E-state index contributed by atoms with van der Waals surface area (Å²) in [6.07, 6.45) is 2.07. The Bertz CT molecular complexity index is 317. The van der Waals surface area contributed by atoms with Gasteiger partial charge in [0.2, 0.25) is 0 Å². The fraction of sp³-hybridized carbons (Fsp3) is 0.455. The van der Waals surface area contributed by atoms with Crippen LogP contribution in [0.25, 0.3) is 0 Å². The lowest BCUT2D eigenvalue weighted by atomic mass is 10.2. The van der Waals surface area contributed by atoms with Gasteiger partial charge in [0, 0.05) is 12.2 Å². The van der Waals surface area contributed by atoms with Crippen molar-refractivity contribution in [1.29, 1.82) is 0 Å². The molecule has 2 nitrogen and oxygen atoms in total. The average Bonchev–Trinajstić information content (AvgIpc) is 2.17. The average molecular weight is 228 g/mol. The van der Waals surface area contributed by atoms with Crippen molar-refractivity contribution in [1.82, 2.24) is 0 Å². The van der Waals surface area contributed by atoms with Crippen molar-refractivity contribution in [2.75, 3.05) is 29.6 Å². The molecule has 0 aromatic heterocycles. The van der Waals surface area contributed by atoms with Crippen LogP contribution in [0, 0.1) is 11.7 Å². The zero-order chi connectivity index (χ0) is 11.3. The molecule has 0 bridgehead atoms. The van der Waals surface area contributed by atoms with Gasteiger partial charge in [-0.2, -0.15) is 11.8 Å². The molecule has 1 aromatic carbocycles. The van der Waals surface area contributed by atoms with Crippen LogP contribution in [-0.4, -0.2) is 18.6 Å². The van der Waals surface area contributed by atoms with Crippen LogP contribution in [0.5, 0.6) is 0 Å². The lowest BCUT2D eigenvalue weighted by Gasteiger charge is -2.12. The first-order valence-corrected chi connectivity index (χ1v) is 6.30. The minimum Gasteiger partial charge on any atom is -0.399 e. The van der Waals surface area contributed by atoms with E-state index < -0.39 is 0 Å². The van der Waals surface area contributed by atoms with Crippen molar-refractivity contribution in [2.45, 2.75) is 6.92 Å². The molecule has 0 aliphatic rings. The van der Waals surface area contributed by atoms with Gasteiger partial charge in [0.25, 0.3) is 0 Å². The Morgan fingerprint density at radius 3 is 2.87 bits per heavy atom. The molecule has 0 amide bonds. The minimum absolute atomic E-state index is 0.286. The van der Waals surface area contributed by atoms with E-state index in [0.717, 1.165) is 12.3 Å². The first kappa shape index (κ1) is 12.2. The molecule has 1 rings (SSSR count). The first-order chi connectivity index (χ1) is 7.13. The summed E-state index contributed by atoms with van der Waals surface area (Å²) in [4.78, 5) is 0. The maximum atomic E-state index is 13.3. The van der Waals surface area contributed by atoms with Crippen LogP contribution >= 0.6 is 11.8 Å². The highest BCUT2D eigenvalue weighted by Crippen LogP contribution is 2.17. The molecule has 1 atom stereocenters. The highest BCUT2D eigenvalue weighted by Gasteiger charge is 2.04. The van der Waals surface area contributed by atoms with Crippen LogP contribution in [0.2, 0.25) is 0 Å². The number of halogens is 1. The molecule has 0 fully saturated rings. The third-order valence-corrected chi connectivity index (χ3v) is 2.99. The summed E-state index contributed by atoms with van der Waals surface area (Å²) < 4.78 is 13.3. The Balaban J connectivity index is 2.50. The monoisotopic (exact) mass is 228 g/mol. The molecule has 15 heavy (non-hydrogen) atoms. The van der Waals surface area contributed by atoms with Gasteiger partial charge in [-0.05, 0) is 36.1 Å². The van der Waals surface area contributed by atoms with Crippen LogP contribution in [-0.2, 0) is 0 Å². The number of nitrogens with one attached hydrogen (secondary N) is 1. The predicted octanol–water partition coefficient (Wildman–Crippen LogP) is 2.82. The van der Waals surface area contributed by atoms with Gasteiger partial charge in [0.1, 0.15) is 5.82 Å². The van der Waals surface area contributed by atoms with Crippen LogP contribution in [0.1, 0.15) is 6.92 Å². The number of benzene rings is 1. The van der Waals surface area contributed by atoms with Gasteiger partial charge in [0.05, 0.1) is 5.69 Å². The van der Waals surface area contributed by atoms with E-state index in [1.165, 1.54) is 6.07 Å². The lowest BCUT2D eigenvalue weighted by Crippen LogP contribution is -2.14. The number of anilines is 2. The fourth-order valence-electron chi connectivity index (χ4n) is 1.30. The number of nitrogen functional groups attached to an aromatic ring is 1. The first-order valence-electron chi connectivity index (χ1n) is 4.91. The van der Waals surface area contributed by atoms with Gasteiger partial charge in [-0.15, -0.1) is 0 Å². The number of thioether (sulfide) groups is 1. The maximum Gasteiger partial charge on any atom is 0.148 e. The van der Waals surface area contributed by atoms with Gasteiger partial charge >= 0.3 is 0 Å². The predicted molar refractivity (Wildman–Crippen MR) is 66.8 cm³/mol. The number of hydrogen-bond acceptors (Lipinski definition) is 3. The zero-order valence-corrected chi connectivity index (χ0v) is 9.90. The second kappa shape index (κ2) is 5.85. The van der Waals surface area contributed by atoms with Gasteiger partial charge in [-0.3, -0.25) is 0 Å². The molecule has 0 heterocycles. The molecule has 1 unspecified atom stereocenters. The zero-order valence-electron chi connectivity index (χ0n) is 9.09. The van der Waals surface area contributed by atoms with Gasteiger partial charge in [-0.25, -0.2) is 4.39 Å². The highest BCUT2D eigenvalue weighted by atomic mass is 32.2. The molecule has 84 valence electrons. The van der Waals surface area contributed by atoms with Gasteiger partial charge in [-0.1, -0.05) is 6.92 Å². The third-order valence-electron chi connectivity index (χ3n) is 2.09. The molecule has 0 aliphatic carbocycles. The van der Waals surface area contributed by atoms with Crippen LogP contribution < -0.4 is 11.1 Å². The summed E-state index contributed by atoms with van der Waals surface area (Å²) in [5, 5.41) is 3.08. The largest absolute Gasteiger partial charge is 0.399 e. The highest BCUT2D eigenvalue weighted by molar-refractivity contribution is 7.98. The molecule has 0 spiro atoms. The SMILES string of the molecule is CSCC(C)CNc1ccc(N)cc1F. The van der Waals surface area contributed by atoms with Crippen molar-refractivity contribution in [2.24, 2.45) is 5.92 Å². The molecular weight excluding hydrogens is 211 g/mol. The molecule has 0 saturated heterocycles. The van der Waals surface area contributed by atoms with E-state index in [1.807, 2.05) is 0 Å². The second-order valence-electron chi connectivity index (χ2n) is 3.68. The summed E-state index contributed by atoms with van der Waals surface area (Å²) in [6.45, 7) is 2.92. The normalized spacial score (nSPS) is 12.5. The Hall–Kier alpha value is -0.900. The lowest BCUT2D eigenvalue weighted by molar-refractivity contribution is 0.625. The van der Waals surface area contributed by atoms with Crippen LogP contribution in [0.15, 0.2) is 18.2 Å². The second-order valence-corrected chi connectivity index (χ2v) is 4.59. The molecule has 3 N–H and O–H groups in total. The van der Waals surface area contributed by atoms with Crippen molar-refractivity contribution in [3.8, 4) is 0 Å². The van der Waals surface area contributed by atoms with Crippen molar-refractivity contribution < 1.29 is 4.39 Å². The van der Waals surface area contributed by atoms with E-state index in [1.54, 1.807) is 23.9 Å². The van der Waals surface area contributed by atoms with E-state index in [2.05, 4.69) is 18.5 Å². The molecule has 1 aromatic rings. The van der Waals surface area contributed by atoms with Crippen molar-refractivity contribution >= 4 is 23.1 Å². The molecular formula is C11H17FN2S. The Morgan fingerprint density at radius 2 is 2.27 bits per heavy atom. The fourth-order valence-corrected chi connectivity index (χ4v) is 1.99. The maximum absolute atomic E-state index is 13.3. The number of nitrogens with two attached hydrogens (primary N) is 1. The standard InChI is InChI=1S/C11H17FN2S/c1-8(7-15-2)6-14-11-4-3-9(13)5-10(11)12/h3-5,8,14H,6-7,13H2,1-2H3. The summed E-state index contributed by atoms with van der Waals surface area (Å²) >= 11 is 1.80. The van der Waals surface area contributed by atoms with Gasteiger partial charge < -0.3 is 11.1 Å². The summed E-state index contributed by atoms with van der Waals surface area (Å²) in [6, 6.07) is 4.71. The van der Waals surface area contributed by atoms with Crippen molar-refractivity contribution in [3.63, 3.8) is 0 Å². The quantitative estimate of drug-likeness (QED) is 0.761. The smallest absolute Gasteiger partial charge is 0.148 e. The van der Waals surface area contributed by atoms with E-state index in [9.17, 15) is 4.39 Å². The summed E-state index contributed by atoms with van der Waals surface area (Å²) in [5.41, 5.74) is 6.44. The third kappa shape index (κ3) is 4.00. The number of hydrogen-bond donors (Lipinski definition) is 2. The Morgan fingerprint density at radius 1 is 1.53 bits per heavy atom. The Kier molecular flexibility index (Phi) is 4.75. The van der Waals surface area contributed by atoms with E-state index >= 15 is 0 Å². The van der Waals surface area contributed by atoms with E-state index in [4.69, 9.17) is 5.73 Å². The molecule has 0 aliphatic heterocycles.